The molecule has 0 spiro atoms. The maximum absolute atomic E-state index is 13.2. The van der Waals surface area contributed by atoms with E-state index in [9.17, 15) is 4.79 Å². The van der Waals surface area contributed by atoms with Crippen LogP contribution in [0, 0.1) is 0 Å². The van der Waals surface area contributed by atoms with E-state index in [1.54, 1.807) is 0 Å². The van der Waals surface area contributed by atoms with Crippen LogP contribution < -0.4 is 0 Å². The van der Waals surface area contributed by atoms with E-state index in [0.29, 0.717) is 5.56 Å². The van der Waals surface area contributed by atoms with E-state index in [-0.39, 0.29) is 16.4 Å². The van der Waals surface area contributed by atoms with E-state index < -0.39 is 5.60 Å². The smallest absolute Gasteiger partial charge is 0.339 e. The zero-order valence-electron chi connectivity index (χ0n) is 17.8. The Bertz CT molecular complexity index is 1260. The van der Waals surface area contributed by atoms with Crippen molar-refractivity contribution in [2.24, 2.45) is 0 Å². The molecule has 0 N–H and O–H groups in total. The number of benzene rings is 3. The van der Waals surface area contributed by atoms with Crippen molar-refractivity contribution in [2.45, 2.75) is 44.6 Å². The second-order valence-electron chi connectivity index (χ2n) is 8.34. The van der Waals surface area contributed by atoms with Crippen LogP contribution >= 0.6 is 10.5 Å². The molecular weight excluding hydrogens is 400 g/mol. The average Bonchev–Trinajstić information content (AvgIpc) is 3.14. The largest absolute Gasteiger partial charge is 0.451 e. The molecule has 3 aromatic carbocycles. The predicted molar refractivity (Wildman–Crippen MR) is 131 cm³/mol. The number of carbonyl (C=O) groups excluding carboxylic acids is 1. The summed E-state index contributed by atoms with van der Waals surface area (Å²) in [6, 6.07) is 25.3. The second-order valence-corrected chi connectivity index (χ2v) is 10.3. The molecule has 0 bridgehead atoms. The summed E-state index contributed by atoms with van der Waals surface area (Å²) in [7, 11) is -0.143. The molecule has 5 rings (SSSR count). The van der Waals surface area contributed by atoms with Crippen molar-refractivity contribution in [1.29, 1.82) is 0 Å². The minimum absolute atomic E-state index is 0.143. The maximum Gasteiger partial charge on any atom is 0.339 e. The molecule has 0 saturated heterocycles. The van der Waals surface area contributed by atoms with Crippen molar-refractivity contribution in [2.75, 3.05) is 0 Å². The standard InChI is InChI=1S/C28H27O2S/c1-2-17-28(18-9-4-10-19-28)30-27(29)21-15-16-26-24(20-21)23-13-7-8-14-25(23)31(26)22-11-5-3-6-12-22/h2-3,5-8,11-17,20H,4,9-10,18-19H2,1H3/q+1/b17-2+. The summed E-state index contributed by atoms with van der Waals surface area (Å²) < 4.78 is 8.75. The van der Waals surface area contributed by atoms with E-state index >= 15 is 0 Å². The third kappa shape index (κ3) is 3.68. The fourth-order valence-electron chi connectivity index (χ4n) is 4.84. The Kier molecular flexibility index (Phi) is 5.37. The molecule has 1 aliphatic rings. The molecule has 31 heavy (non-hydrogen) atoms. The molecule has 1 saturated carbocycles. The van der Waals surface area contributed by atoms with Crippen LogP contribution in [0.15, 0.2) is 84.9 Å². The quantitative estimate of drug-likeness (QED) is 0.186. The molecule has 1 unspecified atom stereocenters. The van der Waals surface area contributed by atoms with Crippen LogP contribution in [0.3, 0.4) is 0 Å². The average molecular weight is 428 g/mol. The van der Waals surface area contributed by atoms with Crippen molar-refractivity contribution < 1.29 is 9.53 Å². The first-order valence-electron chi connectivity index (χ1n) is 11.1. The van der Waals surface area contributed by atoms with E-state index in [2.05, 4.69) is 66.7 Å². The summed E-state index contributed by atoms with van der Waals surface area (Å²) >= 11 is 0. The van der Waals surface area contributed by atoms with Crippen LogP contribution in [0.2, 0.25) is 0 Å². The van der Waals surface area contributed by atoms with Gasteiger partial charge in [-0.2, -0.15) is 0 Å². The van der Waals surface area contributed by atoms with Gasteiger partial charge in [0.1, 0.15) is 5.60 Å². The van der Waals surface area contributed by atoms with Gasteiger partial charge < -0.3 is 4.74 Å². The summed E-state index contributed by atoms with van der Waals surface area (Å²) in [5.74, 6) is -0.216. The van der Waals surface area contributed by atoms with Gasteiger partial charge in [-0.25, -0.2) is 4.79 Å². The third-order valence-corrected chi connectivity index (χ3v) is 8.61. The predicted octanol–water partition coefficient (Wildman–Crippen LogP) is 8.17. The first-order valence-corrected chi connectivity index (χ1v) is 12.3. The van der Waals surface area contributed by atoms with Gasteiger partial charge in [0.15, 0.2) is 14.3 Å². The molecule has 1 heterocycles. The van der Waals surface area contributed by atoms with Crippen molar-refractivity contribution in [3.05, 3.63) is 90.5 Å². The van der Waals surface area contributed by atoms with E-state index in [0.717, 1.165) is 31.1 Å². The first-order chi connectivity index (χ1) is 15.2. The first kappa shape index (κ1) is 20.0. The van der Waals surface area contributed by atoms with Gasteiger partial charge in [-0.1, -0.05) is 42.8 Å². The van der Waals surface area contributed by atoms with Gasteiger partial charge in [0.2, 0.25) is 0 Å². The maximum atomic E-state index is 13.2. The lowest BCUT2D eigenvalue weighted by Crippen LogP contribution is -2.35. The Labute approximate surface area is 186 Å². The summed E-state index contributed by atoms with van der Waals surface area (Å²) in [5.41, 5.74) is 0.191. The third-order valence-electron chi connectivity index (χ3n) is 6.28. The van der Waals surface area contributed by atoms with Gasteiger partial charge in [0.05, 0.1) is 5.56 Å². The highest BCUT2D eigenvalue weighted by atomic mass is 32.2. The Morgan fingerprint density at radius 3 is 2.35 bits per heavy atom. The highest BCUT2D eigenvalue weighted by molar-refractivity contribution is 7.50. The molecule has 1 atom stereocenters. The number of rotatable bonds is 4. The molecular formula is C28H27O2S+. The second kappa shape index (κ2) is 8.32. The fraction of sp³-hybridized carbons (Fsp3) is 0.250. The minimum Gasteiger partial charge on any atom is -0.451 e. The lowest BCUT2D eigenvalue weighted by atomic mass is 9.84. The van der Waals surface area contributed by atoms with Gasteiger partial charge in [-0.3, -0.25) is 0 Å². The number of esters is 1. The van der Waals surface area contributed by atoms with Gasteiger partial charge in [0.25, 0.3) is 0 Å². The summed E-state index contributed by atoms with van der Waals surface area (Å²) in [4.78, 5) is 14.5. The number of hydrogen-bond donors (Lipinski definition) is 0. The van der Waals surface area contributed by atoms with E-state index in [4.69, 9.17) is 4.74 Å². The van der Waals surface area contributed by atoms with Crippen molar-refractivity contribution in [1.82, 2.24) is 0 Å². The minimum atomic E-state index is -0.449. The van der Waals surface area contributed by atoms with Crippen LogP contribution in [-0.4, -0.2) is 11.6 Å². The normalized spacial score (nSPS) is 16.7. The topological polar surface area (TPSA) is 26.3 Å². The van der Waals surface area contributed by atoms with Crippen molar-refractivity contribution in [3.63, 3.8) is 0 Å². The molecule has 1 aromatic heterocycles. The van der Waals surface area contributed by atoms with Gasteiger partial charge in [-0.15, -0.1) is 0 Å². The van der Waals surface area contributed by atoms with Crippen LogP contribution in [0.5, 0.6) is 0 Å². The Hall–Kier alpha value is -2.91. The van der Waals surface area contributed by atoms with Crippen molar-refractivity contribution >= 4 is 36.6 Å². The lowest BCUT2D eigenvalue weighted by molar-refractivity contribution is -0.0114. The van der Waals surface area contributed by atoms with Crippen LogP contribution in [0.4, 0.5) is 0 Å². The van der Waals surface area contributed by atoms with E-state index in [1.165, 1.54) is 26.1 Å². The highest BCUT2D eigenvalue weighted by Crippen LogP contribution is 2.48. The zero-order valence-corrected chi connectivity index (χ0v) is 18.7. The number of thiophene rings is 1. The SMILES string of the molecule is C/C=C/C1(OC(=O)c2ccc3c(c2)c2ccccc2[s+]3-c2ccccc2)CCCCC1. The molecule has 4 aromatic rings. The molecule has 0 radical (unpaired) electrons. The lowest BCUT2D eigenvalue weighted by Gasteiger charge is -2.34. The summed E-state index contributed by atoms with van der Waals surface area (Å²) in [6.45, 7) is 2.00. The van der Waals surface area contributed by atoms with Crippen LogP contribution in [0.25, 0.3) is 25.1 Å². The van der Waals surface area contributed by atoms with Crippen LogP contribution in [0.1, 0.15) is 49.4 Å². The molecule has 1 fully saturated rings. The number of carbonyl (C=O) groups is 1. The molecule has 2 nitrogen and oxygen atoms in total. The molecule has 3 heteroatoms. The fourth-order valence-corrected chi connectivity index (χ4v) is 7.22. The molecule has 1 aliphatic carbocycles. The monoisotopic (exact) mass is 427 g/mol. The number of hydrogen-bond acceptors (Lipinski definition) is 2. The van der Waals surface area contributed by atoms with Gasteiger partial charge in [-0.05, 0) is 81.1 Å². The summed E-state index contributed by atoms with van der Waals surface area (Å²) in [5, 5.41) is 2.38. The Morgan fingerprint density at radius 2 is 1.58 bits per heavy atom. The van der Waals surface area contributed by atoms with Gasteiger partial charge >= 0.3 is 5.97 Å². The Balaban J connectivity index is 1.59. The van der Waals surface area contributed by atoms with Gasteiger partial charge in [0, 0.05) is 21.2 Å². The molecule has 0 aliphatic heterocycles. The molecule has 0 amide bonds. The summed E-state index contributed by atoms with van der Waals surface area (Å²) in [6.07, 6.45) is 9.35. The van der Waals surface area contributed by atoms with E-state index in [1.807, 2.05) is 25.1 Å². The van der Waals surface area contributed by atoms with Crippen molar-refractivity contribution in [3.8, 4) is 4.90 Å². The number of ether oxygens (including phenoxy) is 1. The highest BCUT2D eigenvalue weighted by Gasteiger charge is 2.34. The zero-order chi connectivity index (χ0) is 21.3. The molecule has 156 valence electrons. The van der Waals surface area contributed by atoms with Crippen LogP contribution in [-0.2, 0) is 4.74 Å². The number of allylic oxidation sites excluding steroid dienone is 1. The Morgan fingerprint density at radius 1 is 0.871 bits per heavy atom. The number of fused-ring (bicyclic) bond motifs is 3.